The summed E-state index contributed by atoms with van der Waals surface area (Å²) in [6.07, 6.45) is -1.47. The molecule has 0 bridgehead atoms. The Morgan fingerprint density at radius 2 is 1.85 bits per heavy atom. The third kappa shape index (κ3) is 3.94. The Hall–Kier alpha value is -2.67. The standard InChI is InChI=1S/C19H11BrF3NO2/c20-13-5-7-17-15(9-13)16(18(25)26)10-14(24-17)6-4-11-2-1-3-12(8-11)19(21,22)23/h1-10H,(H,25,26)/b6-4+. The molecule has 0 saturated carbocycles. The summed E-state index contributed by atoms with van der Waals surface area (Å²) in [4.78, 5) is 15.9. The number of halogens is 4. The van der Waals surface area contributed by atoms with Crippen LogP contribution in [0.25, 0.3) is 23.1 Å². The molecule has 0 radical (unpaired) electrons. The van der Waals surface area contributed by atoms with Crippen molar-refractivity contribution in [3.8, 4) is 0 Å². The molecule has 2 aromatic carbocycles. The lowest BCUT2D eigenvalue weighted by molar-refractivity contribution is -0.137. The molecule has 3 aromatic rings. The number of nitrogens with zero attached hydrogens (tertiary/aromatic N) is 1. The van der Waals surface area contributed by atoms with E-state index < -0.39 is 17.7 Å². The molecule has 26 heavy (non-hydrogen) atoms. The molecule has 3 nitrogen and oxygen atoms in total. The van der Waals surface area contributed by atoms with Crippen LogP contribution in [0.3, 0.4) is 0 Å². The number of hydrogen-bond donors (Lipinski definition) is 1. The van der Waals surface area contributed by atoms with Crippen LogP contribution < -0.4 is 0 Å². The first-order valence-electron chi connectivity index (χ1n) is 7.43. The highest BCUT2D eigenvalue weighted by molar-refractivity contribution is 9.10. The minimum Gasteiger partial charge on any atom is -0.478 e. The van der Waals surface area contributed by atoms with Crippen molar-refractivity contribution >= 4 is 45.0 Å². The minimum absolute atomic E-state index is 0.0694. The number of benzene rings is 2. The van der Waals surface area contributed by atoms with E-state index in [1.807, 2.05) is 0 Å². The van der Waals surface area contributed by atoms with Gasteiger partial charge in [0.1, 0.15) is 0 Å². The Kier molecular flexibility index (Phi) is 4.82. The molecular formula is C19H11BrF3NO2. The lowest BCUT2D eigenvalue weighted by Crippen LogP contribution is -2.04. The molecule has 132 valence electrons. The second-order valence-electron chi connectivity index (χ2n) is 5.52. The third-order valence-corrected chi connectivity index (χ3v) is 4.17. The monoisotopic (exact) mass is 421 g/mol. The van der Waals surface area contributed by atoms with Gasteiger partial charge in [0.15, 0.2) is 0 Å². The molecule has 0 saturated heterocycles. The number of rotatable bonds is 3. The van der Waals surface area contributed by atoms with Gasteiger partial charge >= 0.3 is 12.1 Å². The van der Waals surface area contributed by atoms with Crippen molar-refractivity contribution in [1.82, 2.24) is 4.98 Å². The van der Waals surface area contributed by atoms with Gasteiger partial charge in [0.05, 0.1) is 22.3 Å². The summed E-state index contributed by atoms with van der Waals surface area (Å²) in [6, 6.07) is 11.3. The maximum atomic E-state index is 12.8. The van der Waals surface area contributed by atoms with E-state index >= 15 is 0 Å². The molecular weight excluding hydrogens is 411 g/mol. The van der Waals surface area contributed by atoms with Crippen molar-refractivity contribution < 1.29 is 23.1 Å². The summed E-state index contributed by atoms with van der Waals surface area (Å²) in [6.45, 7) is 0. The van der Waals surface area contributed by atoms with Gasteiger partial charge in [-0.3, -0.25) is 0 Å². The van der Waals surface area contributed by atoms with Crippen molar-refractivity contribution in [3.05, 3.63) is 75.4 Å². The van der Waals surface area contributed by atoms with Crippen LogP contribution in [0.4, 0.5) is 13.2 Å². The van der Waals surface area contributed by atoms with Gasteiger partial charge in [-0.1, -0.05) is 34.1 Å². The third-order valence-electron chi connectivity index (χ3n) is 3.68. The highest BCUT2D eigenvalue weighted by atomic mass is 79.9. The predicted octanol–water partition coefficient (Wildman–Crippen LogP) is 5.88. The molecule has 0 fully saturated rings. The van der Waals surface area contributed by atoms with E-state index in [-0.39, 0.29) is 5.56 Å². The fourth-order valence-corrected chi connectivity index (χ4v) is 2.84. The molecule has 7 heteroatoms. The second kappa shape index (κ2) is 6.92. The zero-order valence-electron chi connectivity index (χ0n) is 13.1. The van der Waals surface area contributed by atoms with E-state index in [4.69, 9.17) is 0 Å². The number of aromatic carboxylic acids is 1. The first-order chi connectivity index (χ1) is 12.2. The van der Waals surface area contributed by atoms with Crippen LogP contribution in [-0.2, 0) is 6.18 Å². The van der Waals surface area contributed by atoms with Crippen LogP contribution in [0.5, 0.6) is 0 Å². The van der Waals surface area contributed by atoms with Crippen LogP contribution in [0.1, 0.15) is 27.2 Å². The normalized spacial score (nSPS) is 12.0. The number of alkyl halides is 3. The summed E-state index contributed by atoms with van der Waals surface area (Å²) in [7, 11) is 0. The van der Waals surface area contributed by atoms with E-state index in [0.717, 1.165) is 16.6 Å². The SMILES string of the molecule is O=C(O)c1cc(/C=C/c2cccc(C(F)(F)F)c2)nc2ccc(Br)cc12. The van der Waals surface area contributed by atoms with Gasteiger partial charge in [-0.15, -0.1) is 0 Å². The summed E-state index contributed by atoms with van der Waals surface area (Å²) in [5.74, 6) is -1.11. The van der Waals surface area contributed by atoms with E-state index in [1.165, 1.54) is 30.4 Å². The molecule has 0 aliphatic rings. The molecule has 1 N–H and O–H groups in total. The average molecular weight is 422 g/mol. The fourth-order valence-electron chi connectivity index (χ4n) is 2.48. The first kappa shape index (κ1) is 18.1. The van der Waals surface area contributed by atoms with Gasteiger partial charge in [0, 0.05) is 9.86 Å². The Morgan fingerprint density at radius 1 is 1.08 bits per heavy atom. The first-order valence-corrected chi connectivity index (χ1v) is 8.22. The molecule has 0 amide bonds. The maximum Gasteiger partial charge on any atom is 0.416 e. The van der Waals surface area contributed by atoms with Gasteiger partial charge in [-0.25, -0.2) is 9.78 Å². The highest BCUT2D eigenvalue weighted by Gasteiger charge is 2.30. The largest absolute Gasteiger partial charge is 0.478 e. The number of carboxylic acid groups (broad SMARTS) is 1. The Morgan fingerprint density at radius 3 is 2.54 bits per heavy atom. The zero-order chi connectivity index (χ0) is 18.9. The topological polar surface area (TPSA) is 50.2 Å². The van der Waals surface area contributed by atoms with Crippen LogP contribution in [-0.4, -0.2) is 16.1 Å². The molecule has 0 spiro atoms. The smallest absolute Gasteiger partial charge is 0.416 e. The van der Waals surface area contributed by atoms with Crippen molar-refractivity contribution in [2.75, 3.05) is 0 Å². The van der Waals surface area contributed by atoms with Crippen LogP contribution in [0.15, 0.2) is 53.0 Å². The summed E-state index contributed by atoms with van der Waals surface area (Å²) in [5.41, 5.74) is 0.489. The lowest BCUT2D eigenvalue weighted by Gasteiger charge is -2.07. The van der Waals surface area contributed by atoms with Gasteiger partial charge in [0.25, 0.3) is 0 Å². The number of carbonyl (C=O) groups is 1. The van der Waals surface area contributed by atoms with E-state index in [1.54, 1.807) is 18.2 Å². The van der Waals surface area contributed by atoms with Gasteiger partial charge in [0.2, 0.25) is 0 Å². The van der Waals surface area contributed by atoms with Crippen molar-refractivity contribution in [2.45, 2.75) is 6.18 Å². The number of hydrogen-bond acceptors (Lipinski definition) is 2. The quantitative estimate of drug-likeness (QED) is 0.573. The highest BCUT2D eigenvalue weighted by Crippen LogP contribution is 2.30. The number of carboxylic acids is 1. The van der Waals surface area contributed by atoms with Gasteiger partial charge in [-0.2, -0.15) is 13.2 Å². The van der Waals surface area contributed by atoms with Crippen molar-refractivity contribution in [2.24, 2.45) is 0 Å². The Bertz CT molecular complexity index is 1030. The van der Waals surface area contributed by atoms with E-state index in [9.17, 15) is 23.1 Å². The predicted molar refractivity (Wildman–Crippen MR) is 96.8 cm³/mol. The summed E-state index contributed by atoms with van der Waals surface area (Å²) >= 11 is 3.29. The van der Waals surface area contributed by atoms with Gasteiger partial charge < -0.3 is 5.11 Å². The van der Waals surface area contributed by atoms with E-state index in [2.05, 4.69) is 20.9 Å². The lowest BCUT2D eigenvalue weighted by atomic mass is 10.1. The summed E-state index contributed by atoms with van der Waals surface area (Å²) < 4.78 is 39.0. The molecule has 1 aromatic heterocycles. The average Bonchev–Trinajstić information content (AvgIpc) is 2.58. The second-order valence-corrected chi connectivity index (χ2v) is 6.43. The molecule has 0 unspecified atom stereocenters. The number of fused-ring (bicyclic) bond motifs is 1. The van der Waals surface area contributed by atoms with Crippen molar-refractivity contribution in [1.29, 1.82) is 0 Å². The van der Waals surface area contributed by atoms with Crippen LogP contribution in [0.2, 0.25) is 0 Å². The van der Waals surface area contributed by atoms with Crippen molar-refractivity contribution in [3.63, 3.8) is 0 Å². The molecule has 1 heterocycles. The number of aromatic nitrogens is 1. The minimum atomic E-state index is -4.42. The molecule has 0 atom stereocenters. The maximum absolute atomic E-state index is 12.8. The van der Waals surface area contributed by atoms with Crippen LogP contribution in [0, 0.1) is 0 Å². The van der Waals surface area contributed by atoms with E-state index in [0.29, 0.717) is 22.2 Å². The Balaban J connectivity index is 2.03. The van der Waals surface area contributed by atoms with Crippen LogP contribution >= 0.6 is 15.9 Å². The fraction of sp³-hybridized carbons (Fsp3) is 0.0526. The van der Waals surface area contributed by atoms with Gasteiger partial charge in [-0.05, 0) is 48.0 Å². The molecule has 0 aliphatic carbocycles. The zero-order valence-corrected chi connectivity index (χ0v) is 14.7. The summed E-state index contributed by atoms with van der Waals surface area (Å²) in [5, 5.41) is 9.89. The number of pyridine rings is 1. The molecule has 0 aliphatic heterocycles. The Labute approximate surface area is 154 Å². The molecule has 3 rings (SSSR count).